The zero-order valence-electron chi connectivity index (χ0n) is 43.7. The van der Waals surface area contributed by atoms with Crippen LogP contribution in [0.5, 0.6) is 23.0 Å². The Morgan fingerprint density at radius 2 is 0.763 bits per heavy atom. The summed E-state index contributed by atoms with van der Waals surface area (Å²) in [7, 11) is 4.89. The second-order valence-corrected chi connectivity index (χ2v) is 22.6. The van der Waals surface area contributed by atoms with Crippen molar-refractivity contribution in [2.24, 2.45) is 0 Å². The van der Waals surface area contributed by atoms with E-state index in [0.29, 0.717) is 44.5 Å². The number of benzene rings is 6. The lowest BCUT2D eigenvalue weighted by atomic mass is 9.93. The van der Waals surface area contributed by atoms with Crippen molar-refractivity contribution in [3.05, 3.63) is 187 Å². The average molecular weight is 1070 g/mol. The van der Waals surface area contributed by atoms with Gasteiger partial charge in [-0.1, -0.05) is 153 Å². The number of esters is 2. The first-order chi connectivity index (χ1) is 36.5. The van der Waals surface area contributed by atoms with E-state index < -0.39 is 47.9 Å². The molecule has 0 fully saturated rings. The highest BCUT2D eigenvalue weighted by Crippen LogP contribution is 2.38. The third-order valence-electron chi connectivity index (χ3n) is 14.1. The van der Waals surface area contributed by atoms with Crippen molar-refractivity contribution in [3.63, 3.8) is 0 Å². The molecule has 0 saturated heterocycles. The first-order valence-corrected chi connectivity index (χ1v) is 27.8. The van der Waals surface area contributed by atoms with E-state index >= 15 is 9.59 Å². The Morgan fingerprint density at radius 3 is 1.04 bits per heavy atom. The van der Waals surface area contributed by atoms with Gasteiger partial charge in [0.05, 0.1) is 26.3 Å². The molecule has 3 aliphatic rings. The van der Waals surface area contributed by atoms with E-state index in [4.69, 9.17) is 9.47 Å². The van der Waals surface area contributed by atoms with E-state index in [1.54, 1.807) is 0 Å². The summed E-state index contributed by atoms with van der Waals surface area (Å²) in [5, 5.41) is 55.8. The molecule has 16 heteroatoms. The van der Waals surface area contributed by atoms with Gasteiger partial charge < -0.3 is 40.5 Å². The molecular weight excluding hydrogens is 1000 g/mol. The molecular formula is C60H66N4O10S2. The Bertz CT molecular complexity index is 2780. The predicted molar refractivity (Wildman–Crippen MR) is 296 cm³/mol. The van der Waals surface area contributed by atoms with E-state index in [1.165, 1.54) is 35.8 Å². The highest BCUT2D eigenvalue weighted by molar-refractivity contribution is 8.76. The number of methoxy groups -OCH3 is 2. The molecule has 6 aromatic rings. The van der Waals surface area contributed by atoms with Crippen LogP contribution < -0.4 is 10.6 Å². The number of phenolic OH excluding ortho intramolecular Hbond substituents is 4. The number of rotatable bonds is 6. The normalized spacial score (nSPS) is 20.7. The summed E-state index contributed by atoms with van der Waals surface area (Å²) in [6.07, 6.45) is 0.516. The van der Waals surface area contributed by atoms with Crippen molar-refractivity contribution < 1.29 is 49.1 Å². The molecule has 0 aromatic heterocycles. The quantitative estimate of drug-likeness (QED) is 0.0690. The topological polar surface area (TPSA) is 198 Å². The molecule has 14 nitrogen and oxygen atoms in total. The number of hydrogen-bond donors (Lipinski definition) is 6. The minimum absolute atomic E-state index is 0.00241. The molecule has 3 aliphatic heterocycles. The van der Waals surface area contributed by atoms with E-state index in [9.17, 15) is 30.0 Å². The van der Waals surface area contributed by atoms with Gasteiger partial charge in [-0.15, -0.1) is 0 Å². The number of aryl methyl sites for hydroxylation is 4. The van der Waals surface area contributed by atoms with Crippen molar-refractivity contribution in [2.45, 2.75) is 104 Å². The van der Waals surface area contributed by atoms with E-state index in [2.05, 4.69) is 10.6 Å². The lowest BCUT2D eigenvalue weighted by molar-refractivity contribution is -0.145. The number of nitrogens with one attached hydrogen (secondary N) is 2. The van der Waals surface area contributed by atoms with Crippen LogP contribution in [0.2, 0.25) is 0 Å². The van der Waals surface area contributed by atoms with Crippen molar-refractivity contribution in [1.29, 1.82) is 0 Å². The Morgan fingerprint density at radius 1 is 0.487 bits per heavy atom. The van der Waals surface area contributed by atoms with E-state index in [0.717, 1.165) is 33.4 Å². The highest BCUT2D eigenvalue weighted by atomic mass is 33.1. The van der Waals surface area contributed by atoms with Gasteiger partial charge in [0.15, 0.2) is 0 Å². The summed E-state index contributed by atoms with van der Waals surface area (Å²) in [6.45, 7) is 7.67. The molecule has 76 heavy (non-hydrogen) atoms. The maximum absolute atomic E-state index is 15.2. The van der Waals surface area contributed by atoms with Gasteiger partial charge in [0, 0.05) is 72.8 Å². The lowest BCUT2D eigenvalue weighted by Gasteiger charge is -2.33. The van der Waals surface area contributed by atoms with Crippen molar-refractivity contribution in [3.8, 4) is 23.0 Å². The van der Waals surface area contributed by atoms with Crippen LogP contribution in [0.4, 0.5) is 0 Å². The predicted octanol–water partition coefficient (Wildman–Crippen LogP) is 8.18. The third kappa shape index (κ3) is 13.3. The largest absolute Gasteiger partial charge is 0.507 e. The summed E-state index contributed by atoms with van der Waals surface area (Å²) in [5.74, 6) is -2.56. The fourth-order valence-electron chi connectivity index (χ4n) is 10.4. The molecule has 0 unspecified atom stereocenters. The van der Waals surface area contributed by atoms with Crippen LogP contribution in [0.1, 0.15) is 77.9 Å². The van der Waals surface area contributed by atoms with Crippen LogP contribution in [0.3, 0.4) is 0 Å². The highest BCUT2D eigenvalue weighted by Gasteiger charge is 2.35. The Balaban J connectivity index is 1.41. The summed E-state index contributed by atoms with van der Waals surface area (Å²) in [5.41, 5.74) is 8.91. The number of aromatic hydroxyl groups is 4. The number of carbonyl (C=O) groups is 4. The monoisotopic (exact) mass is 1070 g/mol. The van der Waals surface area contributed by atoms with Gasteiger partial charge in [0.25, 0.3) is 0 Å². The van der Waals surface area contributed by atoms with E-state index in [1.807, 2.05) is 147 Å². The molecule has 398 valence electrons. The van der Waals surface area contributed by atoms with Crippen LogP contribution >= 0.6 is 21.6 Å². The Labute approximate surface area is 452 Å². The second kappa shape index (κ2) is 24.8. The molecule has 3 heterocycles. The number of ether oxygens (including phenoxy) is 2. The molecule has 0 saturated carbocycles. The molecule has 2 amide bonds. The van der Waals surface area contributed by atoms with Gasteiger partial charge in [-0.25, -0.2) is 9.59 Å². The maximum Gasteiger partial charge on any atom is 0.329 e. The van der Waals surface area contributed by atoms with Gasteiger partial charge >= 0.3 is 11.9 Å². The Hall–Kier alpha value is -6.98. The summed E-state index contributed by atoms with van der Waals surface area (Å²) in [6, 6.07) is 29.4. The van der Waals surface area contributed by atoms with Crippen LogP contribution in [-0.4, -0.2) is 104 Å². The molecule has 10 bridgehead atoms. The second-order valence-electron chi connectivity index (χ2n) is 20.0. The lowest BCUT2D eigenvalue weighted by Crippen LogP contribution is -2.53. The Kier molecular flexibility index (Phi) is 18.0. The third-order valence-corrected chi connectivity index (χ3v) is 16.5. The number of nitrogens with zero attached hydrogens (tertiary/aromatic N) is 2. The number of carbonyl (C=O) groups excluding carboxylic acids is 4. The summed E-state index contributed by atoms with van der Waals surface area (Å²) < 4.78 is 10.5. The zero-order chi connectivity index (χ0) is 54.2. The van der Waals surface area contributed by atoms with Crippen LogP contribution in [0.25, 0.3) is 0 Å². The average Bonchev–Trinajstić information content (AvgIpc) is 3.40. The SMILES string of the molecule is COC(=O)[C@@H]1CSSC[C@@H](C(=O)OC)NC(=O)[C@H](Cc2ccccc2)N2Cc3cc(C)cc(c3O)Cc3cc(C)cc(c3O)CN(Cc3cc(C)cc(c3O)Cc3cc(C)cc(c3O)C2)[C@@H](Cc2ccccc2)C(=O)N1. The fraction of sp³-hybridized carbons (Fsp3) is 0.333. The molecule has 4 atom stereocenters. The molecule has 6 N–H and O–H groups in total. The van der Waals surface area contributed by atoms with Crippen molar-refractivity contribution in [1.82, 2.24) is 20.4 Å². The number of fused-ring (bicyclic) bond motifs is 11. The van der Waals surface area contributed by atoms with E-state index in [-0.39, 0.29) is 86.4 Å². The summed E-state index contributed by atoms with van der Waals surface area (Å²) >= 11 is 0. The molecule has 0 radical (unpaired) electrons. The van der Waals surface area contributed by atoms with Crippen LogP contribution in [0, 0.1) is 27.7 Å². The number of hydrogen-bond acceptors (Lipinski definition) is 14. The van der Waals surface area contributed by atoms with Crippen molar-refractivity contribution in [2.75, 3.05) is 25.7 Å². The molecule has 9 rings (SSSR count). The minimum atomic E-state index is -1.16. The van der Waals surface area contributed by atoms with Gasteiger partial charge in [0.1, 0.15) is 35.1 Å². The van der Waals surface area contributed by atoms with Crippen LogP contribution in [-0.2, 0) is 80.5 Å². The smallest absolute Gasteiger partial charge is 0.329 e. The zero-order valence-corrected chi connectivity index (χ0v) is 45.4. The fourth-order valence-corrected chi connectivity index (χ4v) is 12.7. The first-order valence-electron chi connectivity index (χ1n) is 25.3. The number of phenols is 4. The molecule has 0 spiro atoms. The van der Waals surface area contributed by atoms with Gasteiger partial charge in [-0.2, -0.15) is 0 Å². The molecule has 0 aliphatic carbocycles. The minimum Gasteiger partial charge on any atom is -0.507 e. The first kappa shape index (κ1) is 55.3. The van der Waals surface area contributed by atoms with Gasteiger partial charge in [0.2, 0.25) is 11.8 Å². The summed E-state index contributed by atoms with van der Waals surface area (Å²) in [4.78, 5) is 61.5. The van der Waals surface area contributed by atoms with Crippen LogP contribution in [0.15, 0.2) is 109 Å². The van der Waals surface area contributed by atoms with Gasteiger partial charge in [-0.05, 0) is 73.9 Å². The standard InChI is InChI=1S/C60H66N4O10S2/c1-35-17-41-27-42-18-36(2)22-47(54(42)66)31-64-32-48-24-38(4)20-44(56(48)68)28-43-19-37(3)23-46(55(43)67)30-63(29-45(21-35)53(41)65)51(25-39-13-9-7-10-14-39)57(69)61-49(59(71)73-5)33-75-76-34-50(60(72)74-6)62-58(70)52(64)26-40-15-11-8-12-16-40/h7-24,49-52,65-68H,25-34H2,1-6H3,(H,61,69)(H,62,70)/t49-,50-,51-,52-/m0/s1. The van der Waals surface area contributed by atoms with Crippen molar-refractivity contribution >= 4 is 45.3 Å². The number of amides is 2. The maximum atomic E-state index is 15.2. The molecule has 6 aromatic carbocycles. The van der Waals surface area contributed by atoms with Gasteiger partial charge in [-0.3, -0.25) is 19.4 Å².